The molecule has 3 heterocycles. The Morgan fingerprint density at radius 1 is 1.35 bits per heavy atom. The summed E-state index contributed by atoms with van der Waals surface area (Å²) in [5.74, 6) is -0.760. The highest BCUT2D eigenvalue weighted by molar-refractivity contribution is 7.89. The lowest BCUT2D eigenvalue weighted by Crippen LogP contribution is -2.25. The van der Waals surface area contributed by atoms with E-state index in [1.165, 1.54) is 12.3 Å². The first kappa shape index (κ1) is 15.8. The molecule has 122 valence electrons. The summed E-state index contributed by atoms with van der Waals surface area (Å²) in [6.45, 7) is 1.58. The van der Waals surface area contributed by atoms with Crippen molar-refractivity contribution in [3.8, 4) is 0 Å². The third kappa shape index (κ3) is 3.99. The number of aromatic nitrogens is 3. The Morgan fingerprint density at radius 3 is 2.91 bits per heavy atom. The highest BCUT2D eigenvalue weighted by atomic mass is 32.2. The van der Waals surface area contributed by atoms with Gasteiger partial charge in [-0.05, 0) is 18.5 Å². The molecule has 3 rings (SSSR count). The largest absolute Gasteiger partial charge is 0.323 e. The minimum Gasteiger partial charge on any atom is -0.323 e. The molecule has 7 nitrogen and oxygen atoms in total. The van der Waals surface area contributed by atoms with Crippen LogP contribution in [0.15, 0.2) is 18.5 Å². The Hall–Kier alpha value is -2.13. The van der Waals surface area contributed by atoms with E-state index in [-0.39, 0.29) is 5.69 Å². The minimum absolute atomic E-state index is 0.103. The van der Waals surface area contributed by atoms with Gasteiger partial charge in [0.25, 0.3) is 0 Å². The van der Waals surface area contributed by atoms with Crippen LogP contribution in [0, 0.1) is 5.82 Å². The van der Waals surface area contributed by atoms with Gasteiger partial charge in [-0.2, -0.15) is 0 Å². The number of sulfone groups is 1. The Labute approximate surface area is 133 Å². The number of pyridine rings is 1. The Bertz CT molecular complexity index is 841. The van der Waals surface area contributed by atoms with E-state index in [0.29, 0.717) is 18.2 Å². The zero-order valence-corrected chi connectivity index (χ0v) is 13.3. The molecule has 0 atom stereocenters. The van der Waals surface area contributed by atoms with E-state index < -0.39 is 21.4 Å². The van der Waals surface area contributed by atoms with Crippen LogP contribution in [0.5, 0.6) is 0 Å². The van der Waals surface area contributed by atoms with Gasteiger partial charge in [0, 0.05) is 25.1 Å². The highest BCUT2D eigenvalue weighted by Crippen LogP contribution is 2.18. The fourth-order valence-electron chi connectivity index (χ4n) is 2.31. The van der Waals surface area contributed by atoms with Gasteiger partial charge in [-0.1, -0.05) is 0 Å². The molecule has 0 amide bonds. The highest BCUT2D eigenvalue weighted by Gasteiger charge is 2.14. The molecule has 9 heteroatoms. The van der Waals surface area contributed by atoms with E-state index in [1.807, 2.05) is 0 Å². The molecule has 0 spiro atoms. The summed E-state index contributed by atoms with van der Waals surface area (Å²) in [5.41, 5.74) is 2.27. The molecule has 0 unspecified atom stereocenters. The van der Waals surface area contributed by atoms with Gasteiger partial charge in [0.2, 0.25) is 5.95 Å². The van der Waals surface area contributed by atoms with Gasteiger partial charge in [-0.3, -0.25) is 4.98 Å². The lowest BCUT2D eigenvalue weighted by molar-refractivity contribution is 0.587. The van der Waals surface area contributed by atoms with Crippen LogP contribution in [0.2, 0.25) is 0 Å². The molecule has 2 aromatic heterocycles. The number of nitrogens with one attached hydrogen (secondary N) is 2. The molecule has 2 aromatic rings. The summed E-state index contributed by atoms with van der Waals surface area (Å²) >= 11 is 0. The van der Waals surface area contributed by atoms with E-state index >= 15 is 0 Å². The third-order valence-electron chi connectivity index (χ3n) is 3.39. The Balaban J connectivity index is 1.79. The molecule has 0 fully saturated rings. The number of nitrogens with zero attached hydrogens (tertiary/aromatic N) is 3. The first-order chi connectivity index (χ1) is 10.9. The summed E-state index contributed by atoms with van der Waals surface area (Å²) in [5, 5.41) is 6.11. The summed E-state index contributed by atoms with van der Waals surface area (Å²) in [6, 6.07) is 1.19. The van der Waals surface area contributed by atoms with Crippen LogP contribution >= 0.6 is 0 Å². The maximum Gasteiger partial charge on any atom is 0.227 e. The Kier molecular flexibility index (Phi) is 4.22. The van der Waals surface area contributed by atoms with E-state index in [4.69, 9.17) is 0 Å². The number of anilines is 2. The van der Waals surface area contributed by atoms with E-state index in [2.05, 4.69) is 25.6 Å². The van der Waals surface area contributed by atoms with Crippen molar-refractivity contribution in [1.29, 1.82) is 0 Å². The molecule has 0 saturated carbocycles. The predicted octanol–water partition coefficient (Wildman–Crippen LogP) is 0.945. The molecule has 23 heavy (non-hydrogen) atoms. The van der Waals surface area contributed by atoms with Crippen molar-refractivity contribution in [3.63, 3.8) is 0 Å². The quantitative estimate of drug-likeness (QED) is 0.857. The molecule has 0 saturated heterocycles. The van der Waals surface area contributed by atoms with Crippen LogP contribution in [0.1, 0.15) is 17.0 Å². The van der Waals surface area contributed by atoms with Gasteiger partial charge in [-0.25, -0.2) is 22.8 Å². The van der Waals surface area contributed by atoms with Crippen molar-refractivity contribution in [1.82, 2.24) is 20.3 Å². The average Bonchev–Trinajstić information content (AvgIpc) is 2.49. The molecule has 1 aliphatic rings. The summed E-state index contributed by atoms with van der Waals surface area (Å²) < 4.78 is 36.4. The molecular weight excluding hydrogens is 321 g/mol. The van der Waals surface area contributed by atoms with Gasteiger partial charge in [-0.15, -0.1) is 0 Å². The molecule has 0 aliphatic carbocycles. The summed E-state index contributed by atoms with van der Waals surface area (Å²) in [7, 11) is -3.34. The zero-order valence-electron chi connectivity index (χ0n) is 12.5. The number of fused-ring (bicyclic) bond motifs is 1. The number of hydrogen-bond donors (Lipinski definition) is 2. The molecule has 0 aromatic carbocycles. The van der Waals surface area contributed by atoms with Crippen molar-refractivity contribution in [2.75, 3.05) is 18.1 Å². The van der Waals surface area contributed by atoms with Crippen molar-refractivity contribution >= 4 is 21.5 Å². The van der Waals surface area contributed by atoms with E-state index in [9.17, 15) is 12.8 Å². The second-order valence-corrected chi connectivity index (χ2v) is 7.58. The van der Waals surface area contributed by atoms with Crippen LogP contribution in [-0.2, 0) is 28.6 Å². The SMILES string of the molecule is CS(=O)(=O)Cc1ncc(Nc2ncc3c(n2)CNCC3)cc1F. The van der Waals surface area contributed by atoms with E-state index in [1.54, 1.807) is 6.20 Å². The van der Waals surface area contributed by atoms with Gasteiger partial charge in [0.15, 0.2) is 9.84 Å². The monoisotopic (exact) mass is 337 g/mol. The van der Waals surface area contributed by atoms with Crippen LogP contribution in [0.4, 0.5) is 16.0 Å². The normalized spacial score (nSPS) is 14.3. The second kappa shape index (κ2) is 6.17. The van der Waals surface area contributed by atoms with Crippen LogP contribution in [0.25, 0.3) is 0 Å². The van der Waals surface area contributed by atoms with Crippen molar-refractivity contribution < 1.29 is 12.8 Å². The maximum atomic E-state index is 13.9. The topological polar surface area (TPSA) is 96.9 Å². The third-order valence-corrected chi connectivity index (χ3v) is 4.19. The molecule has 0 radical (unpaired) electrons. The molecule has 0 bridgehead atoms. The molecule has 2 N–H and O–H groups in total. The standard InChI is InChI=1S/C14H16FN5O2S/c1-23(21,22)8-13-11(15)4-10(6-17-13)19-14-18-5-9-2-3-16-7-12(9)20-14/h4-6,16H,2-3,7-8H2,1H3,(H,18,19,20). The minimum atomic E-state index is -3.34. The van der Waals surface area contributed by atoms with Gasteiger partial charge < -0.3 is 10.6 Å². The summed E-state index contributed by atoms with van der Waals surface area (Å²) in [4.78, 5) is 12.5. The lowest BCUT2D eigenvalue weighted by atomic mass is 10.1. The van der Waals surface area contributed by atoms with Gasteiger partial charge in [0.1, 0.15) is 5.82 Å². The number of hydrogen-bond acceptors (Lipinski definition) is 7. The molecular formula is C14H16FN5O2S. The predicted molar refractivity (Wildman–Crippen MR) is 83.5 cm³/mol. The summed E-state index contributed by atoms with van der Waals surface area (Å²) in [6.07, 6.45) is 5.04. The fourth-order valence-corrected chi connectivity index (χ4v) is 3.02. The van der Waals surface area contributed by atoms with Gasteiger partial charge in [0.05, 0.1) is 29.0 Å². The first-order valence-electron chi connectivity index (χ1n) is 7.05. The Morgan fingerprint density at radius 2 is 2.17 bits per heavy atom. The van der Waals surface area contributed by atoms with Crippen LogP contribution in [-0.4, -0.2) is 36.2 Å². The zero-order chi connectivity index (χ0) is 16.4. The van der Waals surface area contributed by atoms with E-state index in [0.717, 1.165) is 30.5 Å². The smallest absolute Gasteiger partial charge is 0.227 e. The molecule has 1 aliphatic heterocycles. The first-order valence-corrected chi connectivity index (χ1v) is 9.11. The van der Waals surface area contributed by atoms with Crippen LogP contribution in [0.3, 0.4) is 0 Å². The second-order valence-electron chi connectivity index (χ2n) is 5.44. The van der Waals surface area contributed by atoms with Crippen molar-refractivity contribution in [2.24, 2.45) is 0 Å². The van der Waals surface area contributed by atoms with Crippen molar-refractivity contribution in [2.45, 2.75) is 18.7 Å². The maximum absolute atomic E-state index is 13.9. The van der Waals surface area contributed by atoms with Gasteiger partial charge >= 0.3 is 0 Å². The van der Waals surface area contributed by atoms with Crippen molar-refractivity contribution in [3.05, 3.63) is 41.2 Å². The number of halogens is 1. The lowest BCUT2D eigenvalue weighted by Gasteiger charge is -2.16. The van der Waals surface area contributed by atoms with Crippen LogP contribution < -0.4 is 10.6 Å². The number of rotatable bonds is 4. The average molecular weight is 337 g/mol. The fraction of sp³-hybridized carbons (Fsp3) is 0.357.